The third kappa shape index (κ3) is 5.90. The van der Waals surface area contributed by atoms with Gasteiger partial charge in [-0.2, -0.15) is 0 Å². The highest BCUT2D eigenvalue weighted by molar-refractivity contribution is 9.10. The Morgan fingerprint density at radius 2 is 1.48 bits per heavy atom. The maximum Gasteiger partial charge on any atom is 0.262 e. The molecular weight excluding hydrogens is 696 g/mol. The van der Waals surface area contributed by atoms with E-state index in [1.165, 1.54) is 27.9 Å². The third-order valence-electron chi connectivity index (χ3n) is 10.8. The molecule has 4 aliphatic rings. The number of hydrogen-bond acceptors (Lipinski definition) is 7. The van der Waals surface area contributed by atoms with Crippen LogP contribution in [0, 0.1) is 0 Å². The molecule has 4 aromatic rings. The molecule has 3 heterocycles. The highest BCUT2D eigenvalue weighted by atomic mass is 79.9. The molecule has 3 aliphatic heterocycles. The van der Waals surface area contributed by atoms with Gasteiger partial charge in [0.15, 0.2) is 0 Å². The summed E-state index contributed by atoms with van der Waals surface area (Å²) in [7, 11) is 0. The molecule has 3 atom stereocenters. The smallest absolute Gasteiger partial charge is 0.262 e. The maximum absolute atomic E-state index is 13.4. The molecule has 0 saturated carbocycles. The van der Waals surface area contributed by atoms with E-state index >= 15 is 0 Å². The van der Waals surface area contributed by atoms with Gasteiger partial charge < -0.3 is 10.0 Å². The normalized spacial score (nSPS) is 22.4. The van der Waals surface area contributed by atoms with E-state index < -0.39 is 29.7 Å². The van der Waals surface area contributed by atoms with E-state index in [0.29, 0.717) is 23.8 Å². The molecule has 0 spiro atoms. The van der Waals surface area contributed by atoms with Crippen molar-refractivity contribution in [3.05, 3.63) is 128 Å². The van der Waals surface area contributed by atoms with E-state index in [2.05, 4.69) is 91.7 Å². The Kier molecular flexibility index (Phi) is 8.52. The minimum absolute atomic E-state index is 0.0881. The molecule has 1 aliphatic carbocycles. The lowest BCUT2D eigenvalue weighted by atomic mass is 9.69. The molecule has 4 amide bonds. The monoisotopic (exact) mass is 732 g/mol. The first kappa shape index (κ1) is 32.4. The van der Waals surface area contributed by atoms with Crippen molar-refractivity contribution in [1.29, 1.82) is 0 Å². The molecule has 2 saturated heterocycles. The Labute approximate surface area is 299 Å². The summed E-state index contributed by atoms with van der Waals surface area (Å²) in [6, 6.07) is 28.0. The molecule has 2 N–H and O–H groups in total. The van der Waals surface area contributed by atoms with Crippen LogP contribution >= 0.6 is 15.9 Å². The number of amides is 4. The summed E-state index contributed by atoms with van der Waals surface area (Å²) in [6.07, 6.45) is 2.19. The van der Waals surface area contributed by atoms with Crippen molar-refractivity contribution < 1.29 is 24.3 Å². The second-order valence-electron chi connectivity index (χ2n) is 13.7. The largest absolute Gasteiger partial charge is 0.508 e. The molecule has 0 bridgehead atoms. The number of rotatable bonds is 6. The SMILES string of the molecule is O=C1CCC(N2C(=O)c3cc(Br)c(CN4CCN(c5ccc([C@@H]6c7ccc(O)cc7CC[C@@H]6c6ccccc6)cc5)CC4)cc3C2=O)C(=O)N1. The van der Waals surface area contributed by atoms with Gasteiger partial charge in [0.05, 0.1) is 11.1 Å². The molecule has 2 fully saturated rings. The Bertz CT molecular complexity index is 2010. The lowest BCUT2D eigenvalue weighted by Gasteiger charge is -2.37. The zero-order valence-corrected chi connectivity index (χ0v) is 29.1. The summed E-state index contributed by atoms with van der Waals surface area (Å²) in [6.45, 7) is 3.96. The summed E-state index contributed by atoms with van der Waals surface area (Å²) in [5.74, 6) is -1.12. The average Bonchev–Trinajstić information content (AvgIpc) is 3.36. The topological polar surface area (TPSA) is 110 Å². The molecule has 0 radical (unpaired) electrons. The van der Waals surface area contributed by atoms with Gasteiger partial charge >= 0.3 is 0 Å². The number of hydrogen-bond donors (Lipinski definition) is 2. The number of aromatic hydroxyl groups is 1. The van der Waals surface area contributed by atoms with Gasteiger partial charge in [0.2, 0.25) is 11.8 Å². The van der Waals surface area contributed by atoms with E-state index in [1.807, 2.05) is 12.1 Å². The number of piperidine rings is 1. The van der Waals surface area contributed by atoms with Crippen LogP contribution in [0.15, 0.2) is 89.4 Å². The number of nitrogens with zero attached hydrogens (tertiary/aromatic N) is 3. The van der Waals surface area contributed by atoms with E-state index in [0.717, 1.165) is 54.0 Å². The van der Waals surface area contributed by atoms with Gasteiger partial charge in [0.1, 0.15) is 11.8 Å². The lowest BCUT2D eigenvalue weighted by Crippen LogP contribution is -2.54. The number of aryl methyl sites for hydroxylation is 1. The van der Waals surface area contributed by atoms with Crippen LogP contribution in [0.4, 0.5) is 5.69 Å². The number of carbonyl (C=O) groups excluding carboxylic acids is 4. The second-order valence-corrected chi connectivity index (χ2v) is 14.6. The van der Waals surface area contributed by atoms with Crippen LogP contribution in [0.2, 0.25) is 0 Å². The van der Waals surface area contributed by atoms with Gasteiger partial charge in [-0.05, 0) is 89.4 Å². The fraction of sp³-hybridized carbons (Fsp3) is 0.300. The highest BCUT2D eigenvalue weighted by Crippen LogP contribution is 2.47. The van der Waals surface area contributed by atoms with Gasteiger partial charge in [-0.1, -0.05) is 64.5 Å². The molecule has 50 heavy (non-hydrogen) atoms. The minimum atomic E-state index is -0.984. The lowest BCUT2D eigenvalue weighted by molar-refractivity contribution is -0.136. The van der Waals surface area contributed by atoms with Gasteiger partial charge in [-0.15, -0.1) is 0 Å². The molecular formula is C40H37BrN4O5. The van der Waals surface area contributed by atoms with Crippen molar-refractivity contribution in [2.24, 2.45) is 0 Å². The third-order valence-corrected chi connectivity index (χ3v) is 11.5. The van der Waals surface area contributed by atoms with E-state index in [4.69, 9.17) is 0 Å². The molecule has 9 nitrogen and oxygen atoms in total. The number of halogens is 1. The van der Waals surface area contributed by atoms with Crippen molar-refractivity contribution in [3.8, 4) is 5.75 Å². The number of anilines is 1. The van der Waals surface area contributed by atoms with E-state index in [1.54, 1.807) is 12.1 Å². The first-order valence-electron chi connectivity index (χ1n) is 17.2. The van der Waals surface area contributed by atoms with Crippen LogP contribution in [0.25, 0.3) is 0 Å². The minimum Gasteiger partial charge on any atom is -0.508 e. The Morgan fingerprint density at radius 1 is 0.760 bits per heavy atom. The molecule has 10 heteroatoms. The second kappa shape index (κ2) is 13.2. The number of piperazine rings is 1. The van der Waals surface area contributed by atoms with Gasteiger partial charge in [0.25, 0.3) is 11.8 Å². The zero-order chi connectivity index (χ0) is 34.5. The average molecular weight is 734 g/mol. The highest BCUT2D eigenvalue weighted by Gasteiger charge is 2.45. The fourth-order valence-corrected chi connectivity index (χ4v) is 8.70. The summed E-state index contributed by atoms with van der Waals surface area (Å²) >= 11 is 3.63. The van der Waals surface area contributed by atoms with Crippen LogP contribution in [0.3, 0.4) is 0 Å². The molecule has 8 rings (SSSR count). The molecule has 1 unspecified atom stereocenters. The van der Waals surface area contributed by atoms with Crippen molar-refractivity contribution in [1.82, 2.24) is 15.1 Å². The Morgan fingerprint density at radius 3 is 2.20 bits per heavy atom. The Balaban J connectivity index is 0.946. The van der Waals surface area contributed by atoms with Gasteiger partial charge in [-0.25, -0.2) is 0 Å². The van der Waals surface area contributed by atoms with Crippen molar-refractivity contribution in [2.45, 2.75) is 50.1 Å². The predicted molar refractivity (Wildman–Crippen MR) is 192 cm³/mol. The van der Waals surface area contributed by atoms with Crippen LogP contribution in [0.1, 0.15) is 79.6 Å². The van der Waals surface area contributed by atoms with E-state index in [-0.39, 0.29) is 24.3 Å². The number of nitrogens with one attached hydrogen (secondary N) is 1. The van der Waals surface area contributed by atoms with Crippen molar-refractivity contribution in [2.75, 3.05) is 31.1 Å². The number of phenols is 1. The van der Waals surface area contributed by atoms with Crippen molar-refractivity contribution in [3.63, 3.8) is 0 Å². The number of carbonyl (C=O) groups is 4. The number of fused-ring (bicyclic) bond motifs is 2. The summed E-state index contributed by atoms with van der Waals surface area (Å²) < 4.78 is 0.744. The summed E-state index contributed by atoms with van der Waals surface area (Å²) in [5, 5.41) is 12.4. The number of benzene rings is 4. The van der Waals surface area contributed by atoms with Crippen molar-refractivity contribution >= 4 is 45.2 Å². The summed E-state index contributed by atoms with van der Waals surface area (Å²) in [4.78, 5) is 56.4. The molecule has 254 valence electrons. The van der Waals surface area contributed by atoms with Crippen LogP contribution < -0.4 is 10.2 Å². The maximum atomic E-state index is 13.4. The first-order chi connectivity index (χ1) is 24.2. The fourth-order valence-electron chi connectivity index (χ4n) is 8.23. The standard InChI is InChI=1S/C40H37BrN4O5/c41-34-22-33-32(39(49)45(40(33)50)35-14-15-36(47)42-38(35)48)21-27(34)23-43-16-18-44(19-17-43)28-9-6-25(7-10-28)37-30(24-4-2-1-3-5-24)12-8-26-20-29(46)11-13-31(26)37/h1-7,9-11,13,20-22,30,35,37,46H,8,12,14-19,23H2,(H,42,47,48)/t30-,35?,37+/m1/s1. The number of phenolic OH excluding ortho intramolecular Hbond substituents is 1. The number of imide groups is 2. The molecule has 0 aromatic heterocycles. The molecule has 4 aromatic carbocycles. The first-order valence-corrected chi connectivity index (χ1v) is 18.0. The predicted octanol–water partition coefficient (Wildman–Crippen LogP) is 5.74. The zero-order valence-electron chi connectivity index (χ0n) is 27.5. The van der Waals surface area contributed by atoms with Crippen LogP contribution in [-0.2, 0) is 22.6 Å². The quantitative estimate of drug-likeness (QED) is 0.244. The van der Waals surface area contributed by atoms with Crippen LogP contribution in [0.5, 0.6) is 5.75 Å². The Hall–Kier alpha value is -4.80. The van der Waals surface area contributed by atoms with E-state index in [9.17, 15) is 24.3 Å². The van der Waals surface area contributed by atoms with Gasteiger partial charge in [0, 0.05) is 55.2 Å². The van der Waals surface area contributed by atoms with Crippen LogP contribution in [-0.4, -0.2) is 70.8 Å². The summed E-state index contributed by atoms with van der Waals surface area (Å²) in [5.41, 5.74) is 7.78. The van der Waals surface area contributed by atoms with Gasteiger partial charge in [-0.3, -0.25) is 34.3 Å².